The first-order valence-electron chi connectivity index (χ1n) is 10.4. The Hall–Kier alpha value is -2.34. The second-order valence-electron chi connectivity index (χ2n) is 7.40. The molecule has 0 aliphatic carbocycles. The second kappa shape index (κ2) is 12.4. The fourth-order valence-corrected chi connectivity index (χ4v) is 3.88. The summed E-state index contributed by atoms with van der Waals surface area (Å²) in [6, 6.07) is 16.0. The number of nitrogens with zero attached hydrogens (tertiary/aromatic N) is 1. The number of hydrogen-bond donors (Lipinski definition) is 1. The van der Waals surface area contributed by atoms with Crippen LogP contribution in [0.25, 0.3) is 0 Å². The Labute approximate surface area is 183 Å². The molecule has 0 aliphatic heterocycles. The summed E-state index contributed by atoms with van der Waals surface area (Å²) < 4.78 is 13.8. The van der Waals surface area contributed by atoms with Gasteiger partial charge in [0, 0.05) is 18.3 Å². The van der Waals surface area contributed by atoms with E-state index < -0.39 is 6.04 Å². The summed E-state index contributed by atoms with van der Waals surface area (Å²) in [7, 11) is 0. The molecule has 1 N–H and O–H groups in total. The molecule has 0 saturated carbocycles. The maximum absolute atomic E-state index is 13.8. The molecule has 4 nitrogen and oxygen atoms in total. The van der Waals surface area contributed by atoms with Gasteiger partial charge in [0.25, 0.3) is 0 Å². The number of nitrogens with one attached hydrogen (secondary N) is 1. The molecule has 0 saturated heterocycles. The van der Waals surface area contributed by atoms with Crippen LogP contribution in [-0.4, -0.2) is 41.1 Å². The molecule has 2 aromatic carbocycles. The molecule has 0 spiro atoms. The van der Waals surface area contributed by atoms with Gasteiger partial charge in [0.15, 0.2) is 0 Å². The van der Waals surface area contributed by atoms with Gasteiger partial charge in [-0.15, -0.1) is 11.8 Å². The van der Waals surface area contributed by atoms with E-state index >= 15 is 0 Å². The van der Waals surface area contributed by atoms with E-state index in [0.29, 0.717) is 24.3 Å². The number of thioether (sulfide) groups is 1. The number of hydrogen-bond acceptors (Lipinski definition) is 3. The first-order valence-corrected chi connectivity index (χ1v) is 11.5. The molecule has 2 amide bonds. The molecule has 0 bridgehead atoms. The summed E-state index contributed by atoms with van der Waals surface area (Å²) in [6.45, 7) is 6.18. The molecule has 0 aliphatic rings. The topological polar surface area (TPSA) is 49.4 Å². The van der Waals surface area contributed by atoms with E-state index in [9.17, 15) is 14.0 Å². The lowest BCUT2D eigenvalue weighted by Gasteiger charge is -2.29. The molecule has 2 atom stereocenters. The van der Waals surface area contributed by atoms with Gasteiger partial charge >= 0.3 is 0 Å². The highest BCUT2D eigenvalue weighted by Crippen LogP contribution is 2.17. The van der Waals surface area contributed by atoms with Crippen LogP contribution in [-0.2, 0) is 21.8 Å². The minimum atomic E-state index is -0.565. The van der Waals surface area contributed by atoms with Gasteiger partial charge in [0.2, 0.25) is 11.8 Å². The Kier molecular flexibility index (Phi) is 9.87. The molecule has 30 heavy (non-hydrogen) atoms. The van der Waals surface area contributed by atoms with Gasteiger partial charge in [-0.25, -0.2) is 4.39 Å². The predicted octanol–water partition coefficient (Wildman–Crippen LogP) is 4.43. The minimum Gasteiger partial charge on any atom is -0.352 e. The summed E-state index contributed by atoms with van der Waals surface area (Å²) in [5, 5.41) is 2.96. The zero-order chi connectivity index (χ0) is 21.9. The fraction of sp³-hybridized carbons (Fsp3) is 0.417. The Morgan fingerprint density at radius 2 is 1.73 bits per heavy atom. The van der Waals surface area contributed by atoms with Crippen molar-refractivity contribution in [2.45, 2.75) is 51.4 Å². The fourth-order valence-electron chi connectivity index (χ4n) is 2.98. The molecular weight excluding hydrogens is 399 g/mol. The Morgan fingerprint density at radius 1 is 1.07 bits per heavy atom. The summed E-state index contributed by atoms with van der Waals surface area (Å²) in [5.41, 5.74) is 1.69. The van der Waals surface area contributed by atoms with E-state index in [1.165, 1.54) is 17.8 Å². The van der Waals surface area contributed by atoms with Crippen LogP contribution >= 0.6 is 11.8 Å². The number of rotatable bonds is 11. The van der Waals surface area contributed by atoms with Crippen molar-refractivity contribution in [3.63, 3.8) is 0 Å². The monoisotopic (exact) mass is 430 g/mol. The molecule has 2 rings (SSSR count). The van der Waals surface area contributed by atoms with Crippen molar-refractivity contribution >= 4 is 23.6 Å². The van der Waals surface area contributed by atoms with Crippen LogP contribution in [0.2, 0.25) is 0 Å². The summed E-state index contributed by atoms with van der Waals surface area (Å²) in [5.74, 6) is 0.0891. The molecule has 0 heterocycles. The van der Waals surface area contributed by atoms with Gasteiger partial charge < -0.3 is 10.2 Å². The summed E-state index contributed by atoms with van der Waals surface area (Å²) in [4.78, 5) is 27.3. The number of halogens is 1. The van der Waals surface area contributed by atoms with Crippen molar-refractivity contribution in [3.8, 4) is 0 Å². The maximum Gasteiger partial charge on any atom is 0.242 e. The molecule has 162 valence electrons. The van der Waals surface area contributed by atoms with Gasteiger partial charge in [-0.2, -0.15) is 0 Å². The lowest BCUT2D eigenvalue weighted by Crippen LogP contribution is -2.51. The lowest BCUT2D eigenvalue weighted by atomic mass is 10.1. The minimum absolute atomic E-state index is 0.0569. The van der Waals surface area contributed by atoms with E-state index in [1.54, 1.807) is 30.0 Å². The van der Waals surface area contributed by atoms with Gasteiger partial charge in [-0.3, -0.25) is 9.59 Å². The van der Waals surface area contributed by atoms with Gasteiger partial charge in [-0.1, -0.05) is 55.5 Å². The van der Waals surface area contributed by atoms with Crippen LogP contribution in [0.3, 0.4) is 0 Å². The van der Waals surface area contributed by atoms with Crippen molar-refractivity contribution in [3.05, 3.63) is 71.5 Å². The standard InChI is InChI=1S/C24H31FN2O2S/c1-4-18(2)26-24(29)19(3)27(15-14-20-10-6-5-7-11-20)23(28)17-30-16-21-12-8-9-13-22(21)25/h5-13,18-19H,4,14-17H2,1-3H3,(H,26,29)/t18-,19-/m1/s1. The highest BCUT2D eigenvalue weighted by Gasteiger charge is 2.26. The third-order valence-electron chi connectivity index (χ3n) is 5.09. The third-order valence-corrected chi connectivity index (χ3v) is 6.06. The highest BCUT2D eigenvalue weighted by molar-refractivity contribution is 7.99. The van der Waals surface area contributed by atoms with E-state index in [1.807, 2.05) is 44.2 Å². The Balaban J connectivity index is 2.01. The summed E-state index contributed by atoms with van der Waals surface area (Å²) in [6.07, 6.45) is 1.50. The third kappa shape index (κ3) is 7.48. The van der Waals surface area contributed by atoms with Gasteiger partial charge in [-0.05, 0) is 43.9 Å². The first-order chi connectivity index (χ1) is 14.4. The molecule has 2 aromatic rings. The maximum atomic E-state index is 13.8. The quantitative estimate of drug-likeness (QED) is 0.574. The van der Waals surface area contributed by atoms with Crippen molar-refractivity contribution in [2.24, 2.45) is 0 Å². The molecule has 0 radical (unpaired) electrons. The molecule has 0 aromatic heterocycles. The van der Waals surface area contributed by atoms with E-state index in [0.717, 1.165) is 12.0 Å². The van der Waals surface area contributed by atoms with Crippen LogP contribution in [0.15, 0.2) is 54.6 Å². The van der Waals surface area contributed by atoms with Crippen LogP contribution < -0.4 is 5.32 Å². The number of amides is 2. The molecule has 0 unspecified atom stereocenters. The van der Waals surface area contributed by atoms with Crippen molar-refractivity contribution < 1.29 is 14.0 Å². The SMILES string of the molecule is CC[C@@H](C)NC(=O)[C@@H](C)N(CCc1ccccc1)C(=O)CSCc1ccccc1F. The van der Waals surface area contributed by atoms with Crippen molar-refractivity contribution in [1.82, 2.24) is 10.2 Å². The number of carbonyl (C=O) groups excluding carboxylic acids is 2. The smallest absolute Gasteiger partial charge is 0.242 e. The average molecular weight is 431 g/mol. The molecular formula is C24H31FN2O2S. The Bertz CT molecular complexity index is 816. The van der Waals surface area contributed by atoms with Crippen molar-refractivity contribution in [2.75, 3.05) is 12.3 Å². The first kappa shape index (κ1) is 23.9. The number of benzene rings is 2. The zero-order valence-corrected chi connectivity index (χ0v) is 18.8. The molecule has 0 fully saturated rings. The van der Waals surface area contributed by atoms with E-state index in [2.05, 4.69) is 5.32 Å². The van der Waals surface area contributed by atoms with Gasteiger partial charge in [0.1, 0.15) is 11.9 Å². The highest BCUT2D eigenvalue weighted by atomic mass is 32.2. The molecule has 6 heteroatoms. The van der Waals surface area contributed by atoms with Gasteiger partial charge in [0.05, 0.1) is 5.75 Å². The second-order valence-corrected chi connectivity index (χ2v) is 8.39. The predicted molar refractivity (Wildman–Crippen MR) is 122 cm³/mol. The van der Waals surface area contributed by atoms with E-state index in [4.69, 9.17) is 0 Å². The van der Waals surface area contributed by atoms with E-state index in [-0.39, 0.29) is 29.4 Å². The number of carbonyl (C=O) groups is 2. The normalized spacial score (nSPS) is 12.8. The zero-order valence-electron chi connectivity index (χ0n) is 17.9. The average Bonchev–Trinajstić information content (AvgIpc) is 2.75. The largest absolute Gasteiger partial charge is 0.352 e. The summed E-state index contributed by atoms with van der Waals surface area (Å²) >= 11 is 1.36. The van der Waals surface area contributed by atoms with Crippen LogP contribution in [0.5, 0.6) is 0 Å². The van der Waals surface area contributed by atoms with Crippen LogP contribution in [0.1, 0.15) is 38.3 Å². The van der Waals surface area contributed by atoms with Crippen LogP contribution in [0, 0.1) is 5.82 Å². The van der Waals surface area contributed by atoms with Crippen molar-refractivity contribution in [1.29, 1.82) is 0 Å². The van der Waals surface area contributed by atoms with Crippen LogP contribution in [0.4, 0.5) is 4.39 Å². The Morgan fingerprint density at radius 3 is 2.40 bits per heavy atom. The lowest BCUT2D eigenvalue weighted by molar-refractivity contribution is -0.138.